The normalized spacial score (nSPS) is 10.0. The highest BCUT2D eigenvalue weighted by molar-refractivity contribution is 6.30. The smallest absolute Gasteiger partial charge is 0.409 e. The van der Waals surface area contributed by atoms with Crippen LogP contribution >= 0.6 is 11.6 Å². The highest BCUT2D eigenvalue weighted by atomic mass is 35.5. The summed E-state index contributed by atoms with van der Waals surface area (Å²) in [4.78, 5) is 27.2. The van der Waals surface area contributed by atoms with Crippen molar-refractivity contribution in [3.63, 3.8) is 0 Å². The third-order valence-electron chi connectivity index (χ3n) is 2.68. The minimum absolute atomic E-state index is 0.0780. The zero-order valence-corrected chi connectivity index (χ0v) is 11.7. The Bertz CT molecular complexity index is 686. The average molecular weight is 307 g/mol. The Kier molecular flexibility index (Phi) is 4.39. The summed E-state index contributed by atoms with van der Waals surface area (Å²) in [5, 5.41) is 11.5. The summed E-state index contributed by atoms with van der Waals surface area (Å²) >= 11 is 5.73. The molecule has 0 spiro atoms. The molecule has 1 aromatic heterocycles. The van der Waals surface area contributed by atoms with E-state index in [1.165, 1.54) is 31.5 Å². The topological polar surface area (TPSA) is 88.5 Å². The van der Waals surface area contributed by atoms with Gasteiger partial charge in [-0.15, -0.1) is 0 Å². The fourth-order valence-electron chi connectivity index (χ4n) is 1.77. The number of anilines is 1. The van der Waals surface area contributed by atoms with Crippen LogP contribution in [0.15, 0.2) is 36.5 Å². The summed E-state index contributed by atoms with van der Waals surface area (Å²) in [6.07, 6.45) is 0.0526. The van der Waals surface area contributed by atoms with Gasteiger partial charge in [0.1, 0.15) is 11.4 Å². The lowest BCUT2D eigenvalue weighted by Crippen LogP contribution is -2.14. The largest absolute Gasteiger partial charge is 0.495 e. The lowest BCUT2D eigenvalue weighted by atomic mass is 10.0. The van der Waals surface area contributed by atoms with Crippen LogP contribution in [0.4, 0.5) is 10.5 Å². The van der Waals surface area contributed by atoms with Crippen LogP contribution in [0.1, 0.15) is 16.1 Å². The highest BCUT2D eigenvalue weighted by Crippen LogP contribution is 2.29. The summed E-state index contributed by atoms with van der Waals surface area (Å²) in [5.41, 5.74) is 0.377. The maximum atomic E-state index is 12.4. The van der Waals surface area contributed by atoms with Crippen molar-refractivity contribution in [2.75, 3.05) is 12.4 Å². The first-order valence-electron chi connectivity index (χ1n) is 5.86. The van der Waals surface area contributed by atoms with E-state index in [1.54, 1.807) is 12.1 Å². The number of para-hydroxylation sites is 1. The molecule has 7 heteroatoms. The van der Waals surface area contributed by atoms with Gasteiger partial charge in [-0.05, 0) is 24.3 Å². The van der Waals surface area contributed by atoms with Crippen molar-refractivity contribution in [3.8, 4) is 5.75 Å². The zero-order valence-electron chi connectivity index (χ0n) is 11.0. The van der Waals surface area contributed by atoms with Gasteiger partial charge in [0.25, 0.3) is 0 Å². The first-order valence-corrected chi connectivity index (χ1v) is 6.24. The second-order valence-electron chi connectivity index (χ2n) is 4.00. The van der Waals surface area contributed by atoms with Crippen molar-refractivity contribution in [1.29, 1.82) is 0 Å². The maximum Gasteiger partial charge on any atom is 0.409 e. The number of hydrogen-bond acceptors (Lipinski definition) is 4. The first kappa shape index (κ1) is 14.8. The molecule has 0 bridgehead atoms. The molecule has 0 saturated carbocycles. The number of carbonyl (C=O) groups is 2. The van der Waals surface area contributed by atoms with Crippen molar-refractivity contribution >= 4 is 29.2 Å². The Morgan fingerprint density at radius 1 is 1.29 bits per heavy atom. The van der Waals surface area contributed by atoms with E-state index in [9.17, 15) is 9.59 Å². The molecule has 0 aliphatic heterocycles. The van der Waals surface area contributed by atoms with E-state index in [1.807, 2.05) is 0 Å². The number of rotatable bonds is 4. The molecule has 0 atom stereocenters. The van der Waals surface area contributed by atoms with Crippen LogP contribution in [0.3, 0.4) is 0 Å². The fraction of sp³-hybridized carbons (Fsp3) is 0.0714. The van der Waals surface area contributed by atoms with Gasteiger partial charge in [0.2, 0.25) is 5.78 Å². The lowest BCUT2D eigenvalue weighted by Gasteiger charge is -2.12. The van der Waals surface area contributed by atoms with Crippen LogP contribution < -0.4 is 10.1 Å². The number of methoxy groups -OCH3 is 1. The zero-order chi connectivity index (χ0) is 15.4. The standard InChI is InChI=1S/C14H11ClN2O4/c1-21-11-4-2-3-9(12(11)17-14(19)20)13(18)10-6-5-8(15)7-16-10/h2-7,17H,1H3,(H,19,20). The van der Waals surface area contributed by atoms with Gasteiger partial charge >= 0.3 is 6.09 Å². The van der Waals surface area contributed by atoms with E-state index in [0.29, 0.717) is 5.02 Å². The Morgan fingerprint density at radius 3 is 2.62 bits per heavy atom. The summed E-state index contributed by atoms with van der Waals surface area (Å²) in [7, 11) is 1.39. The molecule has 0 fully saturated rings. The Labute approximate surface area is 125 Å². The van der Waals surface area contributed by atoms with Crippen LogP contribution in [0.5, 0.6) is 5.75 Å². The second kappa shape index (κ2) is 6.23. The van der Waals surface area contributed by atoms with Gasteiger partial charge in [-0.1, -0.05) is 17.7 Å². The van der Waals surface area contributed by atoms with Gasteiger partial charge in [-0.25, -0.2) is 4.79 Å². The van der Waals surface area contributed by atoms with Crippen LogP contribution in [-0.4, -0.2) is 29.1 Å². The molecule has 0 unspecified atom stereocenters. The number of hydrogen-bond donors (Lipinski definition) is 2. The number of carboxylic acid groups (broad SMARTS) is 1. The third-order valence-corrected chi connectivity index (χ3v) is 2.91. The molecule has 108 valence electrons. The fourth-order valence-corrected chi connectivity index (χ4v) is 1.89. The number of ether oxygens (including phenoxy) is 1. The lowest BCUT2D eigenvalue weighted by molar-refractivity contribution is 0.103. The summed E-state index contributed by atoms with van der Waals surface area (Å²) in [6, 6.07) is 7.64. The maximum absolute atomic E-state index is 12.4. The molecule has 21 heavy (non-hydrogen) atoms. The number of nitrogens with zero attached hydrogens (tertiary/aromatic N) is 1. The molecule has 0 radical (unpaired) electrons. The highest BCUT2D eigenvalue weighted by Gasteiger charge is 2.19. The number of pyridine rings is 1. The molecule has 1 amide bonds. The summed E-state index contributed by atoms with van der Waals surface area (Å²) in [6.45, 7) is 0. The van der Waals surface area contributed by atoms with Crippen molar-refractivity contribution in [1.82, 2.24) is 4.98 Å². The molecule has 2 rings (SSSR count). The molecule has 0 saturated heterocycles. The van der Waals surface area contributed by atoms with Crippen LogP contribution in [0, 0.1) is 0 Å². The molecule has 2 aromatic rings. The number of ketones is 1. The average Bonchev–Trinajstić information content (AvgIpc) is 2.47. The van der Waals surface area contributed by atoms with Gasteiger partial charge < -0.3 is 9.84 Å². The number of aromatic nitrogens is 1. The predicted molar refractivity (Wildman–Crippen MR) is 77.3 cm³/mol. The van der Waals surface area contributed by atoms with Crippen molar-refractivity contribution in [2.24, 2.45) is 0 Å². The molecular weight excluding hydrogens is 296 g/mol. The summed E-state index contributed by atoms with van der Waals surface area (Å²) in [5.74, 6) is -0.188. The molecule has 0 aliphatic rings. The van der Waals surface area contributed by atoms with Gasteiger partial charge in [0.15, 0.2) is 0 Å². The number of amides is 1. The van der Waals surface area contributed by atoms with Gasteiger partial charge in [-0.2, -0.15) is 0 Å². The quantitative estimate of drug-likeness (QED) is 0.847. The predicted octanol–water partition coefficient (Wildman–Crippen LogP) is 3.06. The van der Waals surface area contributed by atoms with Crippen LogP contribution in [0.2, 0.25) is 5.02 Å². The monoisotopic (exact) mass is 306 g/mol. The molecule has 1 aromatic carbocycles. The van der Waals surface area contributed by atoms with Gasteiger partial charge in [0.05, 0.1) is 23.4 Å². The number of benzene rings is 1. The van der Waals surface area contributed by atoms with Crippen molar-refractivity contribution in [3.05, 3.63) is 52.8 Å². The van der Waals surface area contributed by atoms with Crippen molar-refractivity contribution < 1.29 is 19.4 Å². The number of nitrogens with one attached hydrogen (secondary N) is 1. The van der Waals surface area contributed by atoms with E-state index in [2.05, 4.69) is 10.3 Å². The van der Waals surface area contributed by atoms with E-state index in [4.69, 9.17) is 21.4 Å². The van der Waals surface area contributed by atoms with Crippen LogP contribution in [0.25, 0.3) is 0 Å². The summed E-state index contributed by atoms with van der Waals surface area (Å²) < 4.78 is 5.07. The number of halogens is 1. The SMILES string of the molecule is COc1cccc(C(=O)c2ccc(Cl)cn2)c1NC(=O)O. The number of carbonyl (C=O) groups excluding carboxylic acids is 1. The molecular formula is C14H11ClN2O4. The molecule has 6 nitrogen and oxygen atoms in total. The van der Waals surface area contributed by atoms with E-state index in [-0.39, 0.29) is 22.7 Å². The van der Waals surface area contributed by atoms with E-state index >= 15 is 0 Å². The third kappa shape index (κ3) is 3.29. The van der Waals surface area contributed by atoms with Crippen LogP contribution in [-0.2, 0) is 0 Å². The minimum Gasteiger partial charge on any atom is -0.495 e. The molecule has 1 heterocycles. The van der Waals surface area contributed by atoms with E-state index in [0.717, 1.165) is 0 Å². The van der Waals surface area contributed by atoms with Gasteiger partial charge in [-0.3, -0.25) is 15.1 Å². The first-order chi connectivity index (χ1) is 10.0. The Morgan fingerprint density at radius 2 is 2.05 bits per heavy atom. The molecule has 0 aliphatic carbocycles. The van der Waals surface area contributed by atoms with E-state index < -0.39 is 11.9 Å². The Hall–Kier alpha value is -2.60. The minimum atomic E-state index is -1.29. The second-order valence-corrected chi connectivity index (χ2v) is 4.44. The molecule has 2 N–H and O–H groups in total. The van der Waals surface area contributed by atoms with Gasteiger partial charge in [0, 0.05) is 6.20 Å². The van der Waals surface area contributed by atoms with Crippen molar-refractivity contribution in [2.45, 2.75) is 0 Å². The Balaban J connectivity index is 2.49.